The zero-order valence-electron chi connectivity index (χ0n) is 18.9. The molecule has 0 aromatic heterocycles. The second kappa shape index (κ2) is 15.5. The van der Waals surface area contributed by atoms with Crippen LogP contribution >= 0.6 is 0 Å². The first-order valence-electron chi connectivity index (χ1n) is 11.0. The third-order valence-electron chi connectivity index (χ3n) is 5.59. The number of piperidine rings is 3. The van der Waals surface area contributed by atoms with Crippen molar-refractivity contribution >= 4 is 5.91 Å². The minimum Gasteiger partial charge on any atom is -0.497 e. The molecule has 1 amide bonds. The van der Waals surface area contributed by atoms with E-state index in [2.05, 4.69) is 23.8 Å². The van der Waals surface area contributed by atoms with Gasteiger partial charge in [-0.15, -0.1) is 0 Å². The van der Waals surface area contributed by atoms with E-state index < -0.39 is 0 Å². The van der Waals surface area contributed by atoms with E-state index in [-0.39, 0.29) is 5.91 Å². The van der Waals surface area contributed by atoms with E-state index in [0.717, 1.165) is 11.7 Å². The van der Waals surface area contributed by atoms with Gasteiger partial charge in [0.05, 0.1) is 7.11 Å². The van der Waals surface area contributed by atoms with E-state index in [0.29, 0.717) is 0 Å². The molecule has 0 spiro atoms. The number of primary amides is 1. The number of fused-ring (bicyclic) bond motifs is 3. The Kier molecular flexibility index (Phi) is 13.3. The van der Waals surface area contributed by atoms with Gasteiger partial charge in [-0.25, -0.2) is 0 Å². The van der Waals surface area contributed by atoms with Crippen molar-refractivity contribution in [2.45, 2.75) is 51.9 Å². The predicted molar refractivity (Wildman–Crippen MR) is 128 cm³/mol. The Morgan fingerprint density at radius 2 is 1.43 bits per heavy atom. The highest BCUT2D eigenvalue weighted by Gasteiger charge is 2.24. The normalized spacial score (nSPS) is 21.4. The second-order valence-corrected chi connectivity index (χ2v) is 7.87. The Morgan fingerprint density at radius 3 is 1.67 bits per heavy atom. The van der Waals surface area contributed by atoms with Crippen LogP contribution in [0.2, 0.25) is 0 Å². The summed E-state index contributed by atoms with van der Waals surface area (Å²) in [6.07, 6.45) is 13.4. The zero-order chi connectivity index (χ0) is 22.2. The second-order valence-electron chi connectivity index (χ2n) is 7.87. The van der Waals surface area contributed by atoms with Crippen molar-refractivity contribution in [2.75, 3.05) is 26.7 Å². The van der Waals surface area contributed by atoms with Gasteiger partial charge in [0.25, 0.3) is 0 Å². The average molecular weight is 413 g/mol. The van der Waals surface area contributed by atoms with Gasteiger partial charge in [0.15, 0.2) is 0 Å². The number of hydrogen-bond donors (Lipinski definition) is 1. The molecule has 1 aromatic rings. The first-order valence-corrected chi connectivity index (χ1v) is 11.0. The molecule has 0 unspecified atom stereocenters. The van der Waals surface area contributed by atoms with E-state index >= 15 is 0 Å². The predicted octanol–water partition coefficient (Wildman–Crippen LogP) is 5.52. The highest BCUT2D eigenvalue weighted by atomic mass is 16.5. The molecule has 4 heteroatoms. The highest BCUT2D eigenvalue weighted by molar-refractivity contribution is 5.70. The Bertz CT molecular complexity index is 612. The lowest BCUT2D eigenvalue weighted by Crippen LogP contribution is -2.41. The summed E-state index contributed by atoms with van der Waals surface area (Å²) in [6.45, 7) is 13.0. The molecule has 3 fully saturated rings. The number of nitrogens with zero attached hydrogens (tertiary/aromatic N) is 1. The lowest BCUT2D eigenvalue weighted by molar-refractivity contribution is -0.115. The van der Waals surface area contributed by atoms with Crippen LogP contribution in [0.5, 0.6) is 5.75 Å². The molecular weight excluding hydrogens is 372 g/mol. The third kappa shape index (κ3) is 11.0. The van der Waals surface area contributed by atoms with Crippen LogP contribution in [0.4, 0.5) is 0 Å². The van der Waals surface area contributed by atoms with Crippen LogP contribution in [0.25, 0.3) is 0 Å². The minimum absolute atomic E-state index is 0.333. The van der Waals surface area contributed by atoms with Crippen LogP contribution in [0, 0.1) is 5.92 Å². The number of amides is 1. The number of allylic oxidation sites excluding steroid dienone is 4. The molecule has 3 heterocycles. The molecule has 2 bridgehead atoms. The fourth-order valence-electron chi connectivity index (χ4n) is 3.84. The molecule has 166 valence electrons. The fourth-order valence-corrected chi connectivity index (χ4v) is 3.84. The average Bonchev–Trinajstić information content (AvgIpc) is 2.81. The lowest BCUT2D eigenvalue weighted by atomic mass is 9.89. The van der Waals surface area contributed by atoms with Gasteiger partial charge in [0, 0.05) is 6.92 Å². The Morgan fingerprint density at radius 1 is 1.00 bits per heavy atom. The van der Waals surface area contributed by atoms with Crippen LogP contribution in [-0.4, -0.2) is 37.6 Å². The molecule has 2 N–H and O–H groups in total. The van der Waals surface area contributed by atoms with Crippen molar-refractivity contribution in [3.05, 3.63) is 66.8 Å². The number of carbonyl (C=O) groups excluding carboxylic acids is 1. The van der Waals surface area contributed by atoms with Crippen LogP contribution in [0.3, 0.4) is 0 Å². The van der Waals surface area contributed by atoms with Crippen molar-refractivity contribution in [1.82, 2.24) is 4.90 Å². The molecule has 0 saturated carbocycles. The minimum atomic E-state index is -0.333. The molecule has 4 aliphatic rings. The molecule has 3 aliphatic heterocycles. The highest BCUT2D eigenvalue weighted by Crippen LogP contribution is 2.26. The maximum atomic E-state index is 9.22. The molecule has 1 aromatic carbocycles. The number of benzene rings is 1. The largest absolute Gasteiger partial charge is 0.497 e. The summed E-state index contributed by atoms with van der Waals surface area (Å²) in [7, 11) is 1.66. The SMILES string of the molecule is C1CN2CCC1CC2.C=CC1=C(C=C)CCCC1.CC(N)=O.COc1ccccc1. The Balaban J connectivity index is 0.000000208. The molecule has 4 nitrogen and oxygen atoms in total. The van der Waals surface area contributed by atoms with Crippen LogP contribution in [0.1, 0.15) is 51.9 Å². The maximum Gasteiger partial charge on any atom is 0.214 e. The van der Waals surface area contributed by atoms with E-state index in [4.69, 9.17) is 4.74 Å². The quantitative estimate of drug-likeness (QED) is 0.711. The summed E-state index contributed by atoms with van der Waals surface area (Å²) < 4.78 is 4.91. The first kappa shape index (κ1) is 25.7. The number of hydrogen-bond acceptors (Lipinski definition) is 3. The van der Waals surface area contributed by atoms with E-state index in [1.807, 2.05) is 42.5 Å². The zero-order valence-corrected chi connectivity index (χ0v) is 18.9. The molecule has 1 aliphatic carbocycles. The van der Waals surface area contributed by atoms with E-state index in [9.17, 15) is 4.79 Å². The van der Waals surface area contributed by atoms with E-state index in [1.54, 1.807) is 7.11 Å². The maximum absolute atomic E-state index is 9.22. The molecule has 30 heavy (non-hydrogen) atoms. The third-order valence-corrected chi connectivity index (χ3v) is 5.59. The van der Waals surface area contributed by atoms with Crippen molar-refractivity contribution in [1.29, 1.82) is 0 Å². The van der Waals surface area contributed by atoms with Crippen molar-refractivity contribution in [2.24, 2.45) is 11.7 Å². The summed E-state index contributed by atoms with van der Waals surface area (Å²) in [5.74, 6) is 1.69. The number of nitrogens with two attached hydrogens (primary N) is 1. The standard InChI is InChI=1S/C10H14.C7H13N.C7H8O.C2H5NO/c1-3-9-7-5-6-8-10(9)4-2;1-4-8-5-2-7(1)3-6-8;1-8-7-5-3-2-4-6-7;1-2(3)4/h3-4H,1-2,5-8H2;7H,1-6H2;2-6H,1H3;1H3,(H2,3,4). The van der Waals surface area contributed by atoms with Gasteiger partial charge in [-0.3, -0.25) is 4.79 Å². The number of carbonyl (C=O) groups is 1. The fraction of sp³-hybridized carbons (Fsp3) is 0.500. The lowest BCUT2D eigenvalue weighted by Gasteiger charge is -2.38. The number of para-hydroxylation sites is 1. The number of ether oxygens (including phenoxy) is 1. The van der Waals surface area contributed by atoms with Gasteiger partial charge < -0.3 is 15.4 Å². The Labute approximate surface area is 183 Å². The topological polar surface area (TPSA) is 55.6 Å². The summed E-state index contributed by atoms with van der Waals surface area (Å²) in [6, 6.07) is 9.68. The van der Waals surface area contributed by atoms with Gasteiger partial charge in [-0.1, -0.05) is 43.5 Å². The van der Waals surface area contributed by atoms with Crippen molar-refractivity contribution in [3.8, 4) is 5.75 Å². The molecule has 5 rings (SSSR count). The monoisotopic (exact) mass is 412 g/mol. The van der Waals surface area contributed by atoms with Crippen LogP contribution in [0.15, 0.2) is 66.8 Å². The van der Waals surface area contributed by atoms with Crippen LogP contribution < -0.4 is 10.5 Å². The van der Waals surface area contributed by atoms with Crippen molar-refractivity contribution in [3.63, 3.8) is 0 Å². The first-order chi connectivity index (χ1) is 14.5. The summed E-state index contributed by atoms with van der Waals surface area (Å²) in [5, 5.41) is 0. The van der Waals surface area contributed by atoms with Gasteiger partial charge >= 0.3 is 0 Å². The van der Waals surface area contributed by atoms with Gasteiger partial charge in [0.1, 0.15) is 5.75 Å². The van der Waals surface area contributed by atoms with Crippen molar-refractivity contribution < 1.29 is 9.53 Å². The molecule has 0 atom stereocenters. The van der Waals surface area contributed by atoms with Gasteiger partial charge in [-0.2, -0.15) is 0 Å². The summed E-state index contributed by atoms with van der Waals surface area (Å²) >= 11 is 0. The van der Waals surface area contributed by atoms with Crippen LogP contribution in [-0.2, 0) is 4.79 Å². The Hall–Kier alpha value is -2.33. The van der Waals surface area contributed by atoms with Gasteiger partial charge in [0.2, 0.25) is 5.91 Å². The number of rotatable bonds is 3. The van der Waals surface area contributed by atoms with Gasteiger partial charge in [-0.05, 0) is 93.8 Å². The molecule has 3 saturated heterocycles. The number of methoxy groups -OCH3 is 1. The molecule has 0 radical (unpaired) electrons. The van der Waals surface area contributed by atoms with E-state index in [1.165, 1.54) is 82.6 Å². The summed E-state index contributed by atoms with van der Waals surface area (Å²) in [4.78, 5) is 11.8. The summed E-state index contributed by atoms with van der Waals surface area (Å²) in [5.41, 5.74) is 7.28. The molecular formula is C26H40N2O2. The smallest absolute Gasteiger partial charge is 0.214 e.